The maximum Gasteiger partial charge on any atom is 0.342 e. The van der Waals surface area contributed by atoms with Crippen LogP contribution in [0.15, 0.2) is 24.3 Å². The summed E-state index contributed by atoms with van der Waals surface area (Å²) < 4.78 is 10.3. The van der Waals surface area contributed by atoms with Crippen LogP contribution in [0.2, 0.25) is 0 Å². The lowest BCUT2D eigenvalue weighted by atomic mass is 10.00. The number of esters is 1. The number of carbonyl (C=O) groups is 1. The Bertz CT molecular complexity index is 508. The van der Waals surface area contributed by atoms with Crippen LogP contribution in [0, 0.1) is 0 Å². The molecule has 7 nitrogen and oxygen atoms in total. The van der Waals surface area contributed by atoms with E-state index in [0.29, 0.717) is 5.69 Å². The first-order valence-electron chi connectivity index (χ1n) is 6.63. The fraction of sp³-hybridized carbons (Fsp3) is 0.500. The molecule has 0 aliphatic carbocycles. The topological polar surface area (TPSA) is 108 Å². The van der Waals surface area contributed by atoms with Crippen LogP contribution in [0.5, 0.6) is 0 Å². The molecule has 21 heavy (non-hydrogen) atoms. The van der Waals surface area contributed by atoms with Gasteiger partial charge in [0, 0.05) is 12.7 Å². The number of nitrogens with one attached hydrogen (secondary N) is 1. The Hall–Kier alpha value is -1.67. The number of para-hydroxylation sites is 1. The van der Waals surface area contributed by atoms with Crippen LogP contribution >= 0.6 is 0 Å². The number of rotatable bonds is 3. The van der Waals surface area contributed by atoms with Gasteiger partial charge in [0.15, 0.2) is 0 Å². The summed E-state index contributed by atoms with van der Waals surface area (Å²) >= 11 is 0. The number of benzene rings is 1. The maximum atomic E-state index is 12.1. The maximum absolute atomic E-state index is 12.1. The first kappa shape index (κ1) is 15.7. The van der Waals surface area contributed by atoms with Crippen LogP contribution in [0.1, 0.15) is 17.3 Å². The van der Waals surface area contributed by atoms with E-state index in [1.807, 2.05) is 0 Å². The average molecular weight is 297 g/mol. The SMILES string of the molecule is CNc1ccccc1C(=O)O[C@@H]1O[C@H](C)[C@H](O)[C@@H](O)[C@@H]1O. The lowest BCUT2D eigenvalue weighted by Crippen LogP contribution is -2.57. The highest BCUT2D eigenvalue weighted by Gasteiger charge is 2.43. The minimum absolute atomic E-state index is 0.282. The second kappa shape index (κ2) is 6.40. The molecule has 1 fully saturated rings. The third kappa shape index (κ3) is 3.16. The monoisotopic (exact) mass is 297 g/mol. The number of hydrogen-bond donors (Lipinski definition) is 4. The smallest absolute Gasteiger partial charge is 0.342 e. The molecule has 7 heteroatoms. The molecular formula is C14H19NO6. The largest absolute Gasteiger partial charge is 0.429 e. The number of anilines is 1. The third-order valence-corrected chi connectivity index (χ3v) is 3.45. The zero-order valence-electron chi connectivity index (χ0n) is 11.8. The molecule has 0 bridgehead atoms. The fourth-order valence-corrected chi connectivity index (χ4v) is 2.16. The van der Waals surface area contributed by atoms with Crippen LogP contribution in [-0.2, 0) is 9.47 Å². The van der Waals surface area contributed by atoms with Gasteiger partial charge in [-0.05, 0) is 19.1 Å². The first-order valence-corrected chi connectivity index (χ1v) is 6.63. The van der Waals surface area contributed by atoms with Crippen LogP contribution in [0.3, 0.4) is 0 Å². The normalized spacial score (nSPS) is 32.5. The fourth-order valence-electron chi connectivity index (χ4n) is 2.16. The Balaban J connectivity index is 2.12. The van der Waals surface area contributed by atoms with Crippen molar-refractivity contribution in [3.8, 4) is 0 Å². The Morgan fingerprint density at radius 2 is 1.86 bits per heavy atom. The summed E-state index contributed by atoms with van der Waals surface area (Å²) in [5, 5.41) is 31.9. The molecule has 2 rings (SSSR count). The van der Waals surface area contributed by atoms with Gasteiger partial charge in [-0.3, -0.25) is 0 Å². The van der Waals surface area contributed by atoms with Crippen molar-refractivity contribution in [2.45, 2.75) is 37.6 Å². The van der Waals surface area contributed by atoms with Gasteiger partial charge < -0.3 is 30.1 Å². The zero-order chi connectivity index (χ0) is 15.6. The summed E-state index contributed by atoms with van der Waals surface area (Å²) in [6.45, 7) is 1.52. The van der Waals surface area contributed by atoms with E-state index in [0.717, 1.165) is 0 Å². The lowest BCUT2D eigenvalue weighted by molar-refractivity contribution is -0.276. The minimum atomic E-state index is -1.51. The highest BCUT2D eigenvalue weighted by Crippen LogP contribution is 2.24. The molecule has 4 N–H and O–H groups in total. The summed E-state index contributed by atoms with van der Waals surface area (Å²) in [6, 6.07) is 6.71. The van der Waals surface area contributed by atoms with Gasteiger partial charge in [0.05, 0.1) is 11.7 Å². The predicted molar refractivity (Wildman–Crippen MR) is 73.8 cm³/mol. The molecule has 5 atom stereocenters. The van der Waals surface area contributed by atoms with E-state index < -0.39 is 36.7 Å². The Labute approximate surface area is 122 Å². The molecule has 0 unspecified atom stereocenters. The van der Waals surface area contributed by atoms with Gasteiger partial charge in [0.2, 0.25) is 6.29 Å². The third-order valence-electron chi connectivity index (χ3n) is 3.45. The molecule has 1 saturated heterocycles. The molecule has 0 radical (unpaired) electrons. The molecule has 0 aromatic heterocycles. The van der Waals surface area contributed by atoms with Gasteiger partial charge in [0.25, 0.3) is 0 Å². The average Bonchev–Trinajstić information content (AvgIpc) is 2.50. The van der Waals surface area contributed by atoms with Crippen molar-refractivity contribution in [2.24, 2.45) is 0 Å². The molecule has 1 aromatic rings. The van der Waals surface area contributed by atoms with Crippen molar-refractivity contribution in [1.29, 1.82) is 0 Å². The minimum Gasteiger partial charge on any atom is -0.429 e. The Kier molecular flexibility index (Phi) is 4.79. The van der Waals surface area contributed by atoms with Crippen molar-refractivity contribution in [1.82, 2.24) is 0 Å². The van der Waals surface area contributed by atoms with Gasteiger partial charge in [0.1, 0.15) is 18.3 Å². The Morgan fingerprint density at radius 1 is 1.19 bits per heavy atom. The van der Waals surface area contributed by atoms with Crippen molar-refractivity contribution in [2.75, 3.05) is 12.4 Å². The van der Waals surface area contributed by atoms with Crippen molar-refractivity contribution >= 4 is 11.7 Å². The number of aliphatic hydroxyl groups is 3. The number of ether oxygens (including phenoxy) is 2. The molecule has 1 aromatic carbocycles. The summed E-state index contributed by atoms with van der Waals surface area (Å²) in [6.07, 6.45) is -6.29. The number of carbonyl (C=O) groups excluding carboxylic acids is 1. The summed E-state index contributed by atoms with van der Waals surface area (Å²) in [4.78, 5) is 12.1. The van der Waals surface area contributed by atoms with Crippen molar-refractivity contribution < 1.29 is 29.6 Å². The van der Waals surface area contributed by atoms with Crippen LogP contribution in [0.4, 0.5) is 5.69 Å². The van der Waals surface area contributed by atoms with E-state index in [1.165, 1.54) is 6.92 Å². The van der Waals surface area contributed by atoms with E-state index in [1.54, 1.807) is 31.3 Å². The standard InChI is InChI=1S/C14H19NO6/c1-7-10(16)11(17)12(18)14(20-7)21-13(19)8-5-3-4-6-9(8)15-2/h3-7,10-12,14-18H,1-2H3/t7-,10+,11-,12+,14+/m1/s1. The molecule has 1 aliphatic rings. The Morgan fingerprint density at radius 3 is 2.52 bits per heavy atom. The molecule has 1 heterocycles. The van der Waals surface area contributed by atoms with Crippen LogP contribution in [0.25, 0.3) is 0 Å². The molecule has 0 saturated carbocycles. The zero-order valence-corrected chi connectivity index (χ0v) is 11.8. The first-order chi connectivity index (χ1) is 9.95. The molecular weight excluding hydrogens is 278 g/mol. The van der Waals surface area contributed by atoms with Gasteiger partial charge in [-0.15, -0.1) is 0 Å². The molecule has 1 aliphatic heterocycles. The van der Waals surface area contributed by atoms with Gasteiger partial charge in [-0.25, -0.2) is 4.79 Å². The van der Waals surface area contributed by atoms with E-state index >= 15 is 0 Å². The van der Waals surface area contributed by atoms with E-state index in [4.69, 9.17) is 9.47 Å². The quantitative estimate of drug-likeness (QED) is 0.568. The second-order valence-electron chi connectivity index (χ2n) is 4.88. The summed E-state index contributed by atoms with van der Waals surface area (Å²) in [5.41, 5.74) is 0.852. The van der Waals surface area contributed by atoms with Gasteiger partial charge in [-0.1, -0.05) is 12.1 Å². The van der Waals surface area contributed by atoms with Crippen LogP contribution in [-0.4, -0.2) is 59.0 Å². The van der Waals surface area contributed by atoms with Gasteiger partial charge in [-0.2, -0.15) is 0 Å². The number of aliphatic hydroxyl groups excluding tert-OH is 3. The molecule has 0 amide bonds. The molecule has 116 valence electrons. The van der Waals surface area contributed by atoms with E-state index in [9.17, 15) is 20.1 Å². The lowest BCUT2D eigenvalue weighted by Gasteiger charge is -2.38. The molecule has 0 spiro atoms. The van der Waals surface area contributed by atoms with Gasteiger partial charge >= 0.3 is 5.97 Å². The second-order valence-corrected chi connectivity index (χ2v) is 4.88. The summed E-state index contributed by atoms with van der Waals surface area (Å²) in [5.74, 6) is -0.695. The summed E-state index contributed by atoms with van der Waals surface area (Å²) in [7, 11) is 1.67. The van der Waals surface area contributed by atoms with E-state index in [2.05, 4.69) is 5.32 Å². The van der Waals surface area contributed by atoms with Crippen LogP contribution < -0.4 is 5.32 Å². The predicted octanol–water partition coefficient (Wildman–Crippen LogP) is -0.287. The number of hydrogen-bond acceptors (Lipinski definition) is 7. The van der Waals surface area contributed by atoms with E-state index in [-0.39, 0.29) is 5.56 Å². The van der Waals surface area contributed by atoms with Crippen molar-refractivity contribution in [3.63, 3.8) is 0 Å². The highest BCUT2D eigenvalue weighted by atomic mass is 16.7. The highest BCUT2D eigenvalue weighted by molar-refractivity contribution is 5.95. The van der Waals surface area contributed by atoms with Crippen molar-refractivity contribution in [3.05, 3.63) is 29.8 Å².